The number of fused-ring (bicyclic) bond motifs is 1. The van der Waals surface area contributed by atoms with E-state index in [1.807, 2.05) is 0 Å². The predicted octanol–water partition coefficient (Wildman–Crippen LogP) is 1.78. The van der Waals surface area contributed by atoms with Gasteiger partial charge in [0.05, 0.1) is 35.3 Å². The van der Waals surface area contributed by atoms with Gasteiger partial charge in [0.15, 0.2) is 5.82 Å². The summed E-state index contributed by atoms with van der Waals surface area (Å²) in [6.07, 6.45) is 5.94. The van der Waals surface area contributed by atoms with Gasteiger partial charge >= 0.3 is 0 Å². The van der Waals surface area contributed by atoms with E-state index in [-0.39, 0.29) is 23.0 Å². The predicted molar refractivity (Wildman–Crippen MR) is 69.9 cm³/mol. The summed E-state index contributed by atoms with van der Waals surface area (Å²) in [4.78, 5) is 15.8. The highest BCUT2D eigenvalue weighted by Gasteiger charge is 2.14. The molecular weight excluding hydrogens is 285 g/mol. The lowest BCUT2D eigenvalue weighted by molar-refractivity contribution is 0.0950. The molecule has 0 aliphatic rings. The first kappa shape index (κ1) is 12.6. The molecule has 8 heteroatoms. The van der Waals surface area contributed by atoms with Crippen molar-refractivity contribution in [1.82, 2.24) is 24.9 Å². The van der Waals surface area contributed by atoms with E-state index < -0.39 is 5.82 Å². The van der Waals surface area contributed by atoms with Crippen LogP contribution in [0.15, 0.2) is 31.0 Å². The number of imidazole rings is 1. The topological polar surface area (TPSA) is 75.1 Å². The lowest BCUT2D eigenvalue weighted by Gasteiger charge is -2.03. The average molecular weight is 294 g/mol. The smallest absolute Gasteiger partial charge is 0.254 e. The summed E-state index contributed by atoms with van der Waals surface area (Å²) < 4.78 is 15.5. The Bertz CT molecular complexity index is 768. The SMILES string of the molecule is O=C(NCc1ncn2ccc(Cl)c(F)c12)c1cn[nH]c1. The second-order valence-electron chi connectivity index (χ2n) is 4.09. The molecule has 102 valence electrons. The maximum atomic E-state index is 14.0. The number of aromatic nitrogens is 4. The zero-order valence-electron chi connectivity index (χ0n) is 10.1. The van der Waals surface area contributed by atoms with Gasteiger partial charge in [-0.05, 0) is 6.07 Å². The Hall–Kier alpha value is -2.41. The molecule has 0 spiro atoms. The molecule has 3 aromatic rings. The van der Waals surface area contributed by atoms with Crippen molar-refractivity contribution < 1.29 is 9.18 Å². The molecular formula is C12H9ClFN5O. The summed E-state index contributed by atoms with van der Waals surface area (Å²) in [5.74, 6) is -0.874. The quantitative estimate of drug-likeness (QED) is 0.773. The fourth-order valence-corrected chi connectivity index (χ4v) is 2.00. The first-order valence-corrected chi connectivity index (χ1v) is 6.11. The van der Waals surface area contributed by atoms with Crippen molar-refractivity contribution >= 4 is 23.0 Å². The Labute approximate surface area is 117 Å². The van der Waals surface area contributed by atoms with Crippen LogP contribution in [-0.2, 0) is 6.54 Å². The highest BCUT2D eigenvalue weighted by Crippen LogP contribution is 2.21. The molecule has 0 fully saturated rings. The standard InChI is InChI=1S/C12H9ClFN5O/c13-8-1-2-19-6-16-9(11(19)10(8)14)5-15-12(20)7-3-17-18-4-7/h1-4,6H,5H2,(H,15,20)(H,17,18). The number of carbonyl (C=O) groups is 1. The number of halogens is 2. The minimum atomic E-state index is -0.556. The van der Waals surface area contributed by atoms with E-state index >= 15 is 0 Å². The molecule has 0 unspecified atom stereocenters. The summed E-state index contributed by atoms with van der Waals surface area (Å²) in [5.41, 5.74) is 1.05. The van der Waals surface area contributed by atoms with Gasteiger partial charge in [0.1, 0.15) is 5.52 Å². The number of hydrogen-bond acceptors (Lipinski definition) is 3. The van der Waals surface area contributed by atoms with E-state index in [0.717, 1.165) is 0 Å². The second-order valence-corrected chi connectivity index (χ2v) is 4.50. The first-order chi connectivity index (χ1) is 9.66. The minimum absolute atomic E-state index is 0.0143. The van der Waals surface area contributed by atoms with Gasteiger partial charge in [0.25, 0.3) is 5.91 Å². The molecule has 0 saturated heterocycles. The maximum Gasteiger partial charge on any atom is 0.254 e. The van der Waals surface area contributed by atoms with E-state index in [0.29, 0.717) is 11.3 Å². The summed E-state index contributed by atoms with van der Waals surface area (Å²) >= 11 is 5.74. The molecule has 1 amide bonds. The van der Waals surface area contributed by atoms with Crippen LogP contribution in [0.4, 0.5) is 4.39 Å². The fraction of sp³-hybridized carbons (Fsp3) is 0.0833. The zero-order valence-corrected chi connectivity index (χ0v) is 10.9. The normalized spacial score (nSPS) is 10.9. The van der Waals surface area contributed by atoms with E-state index in [2.05, 4.69) is 20.5 Å². The van der Waals surface area contributed by atoms with E-state index in [1.165, 1.54) is 29.2 Å². The molecule has 3 heterocycles. The first-order valence-electron chi connectivity index (χ1n) is 5.73. The summed E-state index contributed by atoms with van der Waals surface area (Å²) in [5, 5.41) is 8.88. The van der Waals surface area contributed by atoms with Gasteiger partial charge in [0, 0.05) is 12.4 Å². The second kappa shape index (κ2) is 4.93. The molecule has 3 aromatic heterocycles. The molecule has 0 aromatic carbocycles. The Balaban J connectivity index is 1.85. The molecule has 0 saturated carbocycles. The van der Waals surface area contributed by atoms with Crippen LogP contribution in [0, 0.1) is 5.82 Å². The lowest BCUT2D eigenvalue weighted by atomic mass is 10.3. The van der Waals surface area contributed by atoms with Crippen LogP contribution in [0.25, 0.3) is 5.52 Å². The average Bonchev–Trinajstić information content (AvgIpc) is 3.09. The maximum absolute atomic E-state index is 14.0. The minimum Gasteiger partial charge on any atom is -0.346 e. The van der Waals surface area contributed by atoms with Crippen molar-refractivity contribution in [3.05, 3.63) is 53.1 Å². The monoisotopic (exact) mass is 293 g/mol. The Morgan fingerprint density at radius 1 is 1.55 bits per heavy atom. The van der Waals surface area contributed by atoms with Crippen LogP contribution in [0.5, 0.6) is 0 Å². The summed E-state index contributed by atoms with van der Waals surface area (Å²) in [6, 6.07) is 1.44. The third-order valence-electron chi connectivity index (χ3n) is 2.85. The molecule has 0 aliphatic heterocycles. The molecule has 3 rings (SSSR count). The zero-order chi connectivity index (χ0) is 14.1. The summed E-state index contributed by atoms with van der Waals surface area (Å²) in [7, 11) is 0. The summed E-state index contributed by atoms with van der Waals surface area (Å²) in [6.45, 7) is 0.0950. The van der Waals surface area contributed by atoms with Crippen molar-refractivity contribution in [2.45, 2.75) is 6.54 Å². The van der Waals surface area contributed by atoms with Gasteiger partial charge in [-0.2, -0.15) is 5.10 Å². The Kier molecular flexibility index (Phi) is 3.11. The third-order valence-corrected chi connectivity index (χ3v) is 3.14. The molecule has 0 radical (unpaired) electrons. The van der Waals surface area contributed by atoms with E-state index in [1.54, 1.807) is 6.20 Å². The Morgan fingerprint density at radius 2 is 2.40 bits per heavy atom. The van der Waals surface area contributed by atoms with Gasteiger partial charge in [0.2, 0.25) is 0 Å². The van der Waals surface area contributed by atoms with Crippen LogP contribution >= 0.6 is 11.6 Å². The van der Waals surface area contributed by atoms with Crippen LogP contribution < -0.4 is 5.32 Å². The van der Waals surface area contributed by atoms with Crippen LogP contribution in [-0.4, -0.2) is 25.5 Å². The van der Waals surface area contributed by atoms with Gasteiger partial charge in [-0.1, -0.05) is 11.6 Å². The van der Waals surface area contributed by atoms with Gasteiger partial charge < -0.3 is 9.72 Å². The van der Waals surface area contributed by atoms with E-state index in [4.69, 9.17) is 11.6 Å². The molecule has 0 bridgehead atoms. The largest absolute Gasteiger partial charge is 0.346 e. The fourth-order valence-electron chi connectivity index (χ4n) is 1.86. The molecule has 0 atom stereocenters. The highest BCUT2D eigenvalue weighted by atomic mass is 35.5. The number of nitrogens with zero attached hydrogens (tertiary/aromatic N) is 3. The van der Waals surface area contributed by atoms with Gasteiger partial charge in [-0.3, -0.25) is 9.89 Å². The number of pyridine rings is 1. The molecule has 6 nitrogen and oxygen atoms in total. The Morgan fingerprint density at radius 3 is 3.15 bits per heavy atom. The van der Waals surface area contributed by atoms with E-state index in [9.17, 15) is 9.18 Å². The van der Waals surface area contributed by atoms with Crippen molar-refractivity contribution in [1.29, 1.82) is 0 Å². The highest BCUT2D eigenvalue weighted by molar-refractivity contribution is 6.31. The van der Waals surface area contributed by atoms with Gasteiger partial charge in [-0.25, -0.2) is 9.37 Å². The number of rotatable bonds is 3. The van der Waals surface area contributed by atoms with Crippen molar-refractivity contribution in [2.24, 2.45) is 0 Å². The number of aromatic amines is 1. The lowest BCUT2D eigenvalue weighted by Crippen LogP contribution is -2.22. The van der Waals surface area contributed by atoms with Crippen molar-refractivity contribution in [3.63, 3.8) is 0 Å². The van der Waals surface area contributed by atoms with Crippen molar-refractivity contribution in [2.75, 3.05) is 0 Å². The molecule has 0 aliphatic carbocycles. The number of amides is 1. The van der Waals surface area contributed by atoms with Crippen LogP contribution in [0.3, 0.4) is 0 Å². The molecule has 2 N–H and O–H groups in total. The third kappa shape index (κ3) is 2.12. The number of nitrogens with one attached hydrogen (secondary N) is 2. The number of H-pyrrole nitrogens is 1. The van der Waals surface area contributed by atoms with Gasteiger partial charge in [-0.15, -0.1) is 0 Å². The van der Waals surface area contributed by atoms with Crippen LogP contribution in [0.1, 0.15) is 16.1 Å². The van der Waals surface area contributed by atoms with Crippen molar-refractivity contribution in [3.8, 4) is 0 Å². The van der Waals surface area contributed by atoms with Crippen LogP contribution in [0.2, 0.25) is 5.02 Å². The number of carbonyl (C=O) groups excluding carboxylic acids is 1. The number of hydrogen-bond donors (Lipinski definition) is 2. The molecule has 20 heavy (non-hydrogen) atoms.